The number of pyridine rings is 1. The van der Waals surface area contributed by atoms with Crippen LogP contribution >= 0.6 is 35.4 Å². The van der Waals surface area contributed by atoms with E-state index in [-0.39, 0.29) is 5.95 Å². The van der Waals surface area contributed by atoms with Crippen LogP contribution in [-0.4, -0.2) is 14.5 Å². The topological polar surface area (TPSA) is 56.7 Å². The highest BCUT2D eigenvalue weighted by Gasteiger charge is 2.13. The third-order valence-corrected chi connectivity index (χ3v) is 4.32. The van der Waals surface area contributed by atoms with Crippen molar-refractivity contribution >= 4 is 52.4 Å². The van der Waals surface area contributed by atoms with E-state index in [0.29, 0.717) is 25.9 Å². The zero-order valence-corrected chi connectivity index (χ0v) is 13.3. The van der Waals surface area contributed by atoms with E-state index in [9.17, 15) is 0 Å². The number of benzene rings is 1. The van der Waals surface area contributed by atoms with Gasteiger partial charge in [0.15, 0.2) is 0 Å². The molecule has 4 nitrogen and oxygen atoms in total. The molecule has 0 amide bonds. The molecule has 2 heterocycles. The van der Waals surface area contributed by atoms with Crippen molar-refractivity contribution in [2.75, 3.05) is 5.73 Å². The van der Waals surface area contributed by atoms with E-state index in [1.165, 1.54) is 0 Å². The molecule has 0 bridgehead atoms. The van der Waals surface area contributed by atoms with Crippen molar-refractivity contribution in [2.45, 2.75) is 0 Å². The molecule has 2 aromatic heterocycles. The van der Waals surface area contributed by atoms with E-state index in [0.717, 1.165) is 10.9 Å². The predicted molar refractivity (Wildman–Crippen MR) is 89.2 cm³/mol. The molecule has 0 aliphatic carbocycles. The Morgan fingerprint density at radius 1 is 1.24 bits per heavy atom. The number of nitrogen functional groups attached to an aromatic ring is 1. The molecular weight excluding hydrogens is 327 g/mol. The molecule has 0 saturated heterocycles. The SMILES string of the molecule is Cn1c(=S)c(-c2c(Cl)cccc2Cl)cc2cnc(N)nc21. The van der Waals surface area contributed by atoms with Crippen LogP contribution in [0.4, 0.5) is 5.95 Å². The number of halogens is 2. The number of hydrogen-bond acceptors (Lipinski definition) is 4. The normalized spacial score (nSPS) is 11.0. The van der Waals surface area contributed by atoms with Crippen LogP contribution in [0.5, 0.6) is 0 Å². The number of fused-ring (bicyclic) bond motifs is 1. The summed E-state index contributed by atoms with van der Waals surface area (Å²) in [6.45, 7) is 0. The Morgan fingerprint density at radius 2 is 1.90 bits per heavy atom. The minimum atomic E-state index is 0.205. The molecule has 0 saturated carbocycles. The first-order valence-corrected chi connectivity index (χ1v) is 7.22. The summed E-state index contributed by atoms with van der Waals surface area (Å²) < 4.78 is 2.35. The highest BCUT2D eigenvalue weighted by Crippen LogP contribution is 2.36. The predicted octanol–water partition coefficient (Wildman–Crippen LogP) is 4.25. The van der Waals surface area contributed by atoms with Gasteiger partial charge in [0, 0.05) is 39.8 Å². The third-order valence-electron chi connectivity index (χ3n) is 3.20. The minimum Gasteiger partial charge on any atom is -0.368 e. The Bertz CT molecular complexity index is 900. The molecule has 3 aromatic rings. The van der Waals surface area contributed by atoms with E-state index in [1.54, 1.807) is 29.0 Å². The Hall–Kier alpha value is -1.69. The lowest BCUT2D eigenvalue weighted by atomic mass is 10.1. The molecular formula is C14H10Cl2N4S. The molecule has 1 aromatic carbocycles. The molecule has 0 fully saturated rings. The highest BCUT2D eigenvalue weighted by atomic mass is 35.5. The van der Waals surface area contributed by atoms with Crippen molar-refractivity contribution < 1.29 is 0 Å². The molecule has 2 N–H and O–H groups in total. The van der Waals surface area contributed by atoms with Gasteiger partial charge >= 0.3 is 0 Å². The average molecular weight is 337 g/mol. The Kier molecular flexibility index (Phi) is 3.57. The fourth-order valence-electron chi connectivity index (χ4n) is 2.19. The Labute approximate surface area is 136 Å². The maximum Gasteiger partial charge on any atom is 0.221 e. The van der Waals surface area contributed by atoms with E-state index in [4.69, 9.17) is 41.2 Å². The molecule has 106 valence electrons. The standard InChI is InChI=1S/C14H10Cl2N4S/c1-20-12-7(6-18-14(17)19-12)5-8(13(20)21)11-9(15)3-2-4-10(11)16/h2-6H,1H3,(H2,17,18,19). The van der Waals surface area contributed by atoms with Gasteiger partial charge in [0.2, 0.25) is 5.95 Å². The van der Waals surface area contributed by atoms with Gasteiger partial charge in [-0.25, -0.2) is 4.98 Å². The second-order valence-electron chi connectivity index (χ2n) is 4.53. The first kappa shape index (κ1) is 14.3. The van der Waals surface area contributed by atoms with Crippen LogP contribution in [0.3, 0.4) is 0 Å². The van der Waals surface area contributed by atoms with E-state index >= 15 is 0 Å². The fraction of sp³-hybridized carbons (Fsp3) is 0.0714. The van der Waals surface area contributed by atoms with E-state index in [1.807, 2.05) is 13.1 Å². The summed E-state index contributed by atoms with van der Waals surface area (Å²) in [7, 11) is 1.82. The smallest absolute Gasteiger partial charge is 0.221 e. The molecule has 0 aliphatic rings. The van der Waals surface area contributed by atoms with Crippen molar-refractivity contribution in [2.24, 2.45) is 7.05 Å². The quantitative estimate of drug-likeness (QED) is 0.674. The Morgan fingerprint density at radius 3 is 2.57 bits per heavy atom. The molecule has 7 heteroatoms. The number of aromatic nitrogens is 3. The summed E-state index contributed by atoms with van der Waals surface area (Å²) in [6, 6.07) is 7.23. The van der Waals surface area contributed by atoms with Crippen molar-refractivity contribution in [3.8, 4) is 11.1 Å². The summed E-state index contributed by atoms with van der Waals surface area (Å²) in [5.41, 5.74) is 7.77. The van der Waals surface area contributed by atoms with Gasteiger partial charge < -0.3 is 10.3 Å². The third kappa shape index (κ3) is 2.37. The number of nitrogens with two attached hydrogens (primary N) is 1. The first-order valence-electron chi connectivity index (χ1n) is 6.05. The fourth-order valence-corrected chi connectivity index (χ4v) is 3.04. The Balaban J connectivity index is 2.42. The second kappa shape index (κ2) is 5.26. The highest BCUT2D eigenvalue weighted by molar-refractivity contribution is 7.71. The maximum absolute atomic E-state index is 6.27. The number of hydrogen-bond donors (Lipinski definition) is 1. The lowest BCUT2D eigenvalue weighted by Crippen LogP contribution is -2.03. The van der Waals surface area contributed by atoms with Gasteiger partial charge in [0.05, 0.1) is 0 Å². The van der Waals surface area contributed by atoms with Crippen molar-refractivity contribution in [3.05, 3.63) is 45.1 Å². The summed E-state index contributed by atoms with van der Waals surface area (Å²) in [5.74, 6) is 0.205. The van der Waals surface area contributed by atoms with Crippen molar-refractivity contribution in [3.63, 3.8) is 0 Å². The number of nitrogens with zero attached hydrogens (tertiary/aromatic N) is 3. The van der Waals surface area contributed by atoms with Gasteiger partial charge in [-0.05, 0) is 18.2 Å². The second-order valence-corrected chi connectivity index (χ2v) is 5.73. The van der Waals surface area contributed by atoms with Crippen molar-refractivity contribution in [1.82, 2.24) is 14.5 Å². The molecule has 0 radical (unpaired) electrons. The molecule has 0 aliphatic heterocycles. The van der Waals surface area contributed by atoms with Gasteiger partial charge in [0.25, 0.3) is 0 Å². The largest absolute Gasteiger partial charge is 0.368 e. The summed E-state index contributed by atoms with van der Waals surface area (Å²) in [5, 5.41) is 1.90. The van der Waals surface area contributed by atoms with E-state index < -0.39 is 0 Å². The summed E-state index contributed by atoms with van der Waals surface area (Å²) >= 11 is 18.1. The first-order chi connectivity index (χ1) is 9.99. The maximum atomic E-state index is 6.27. The average Bonchev–Trinajstić information content (AvgIpc) is 2.44. The molecule has 0 atom stereocenters. The van der Waals surface area contributed by atoms with Crippen LogP contribution in [-0.2, 0) is 7.05 Å². The van der Waals surface area contributed by atoms with Gasteiger partial charge in [-0.15, -0.1) is 0 Å². The molecule has 21 heavy (non-hydrogen) atoms. The zero-order valence-electron chi connectivity index (χ0n) is 11.0. The zero-order chi connectivity index (χ0) is 15.1. The molecule has 0 unspecified atom stereocenters. The van der Waals surface area contributed by atoms with Crippen LogP contribution in [0.1, 0.15) is 0 Å². The van der Waals surface area contributed by atoms with E-state index in [2.05, 4.69) is 9.97 Å². The molecule has 3 rings (SSSR count). The summed E-state index contributed by atoms with van der Waals surface area (Å²) in [6.07, 6.45) is 1.65. The van der Waals surface area contributed by atoms with Gasteiger partial charge in [-0.2, -0.15) is 4.98 Å². The monoisotopic (exact) mass is 336 g/mol. The van der Waals surface area contributed by atoms with Crippen LogP contribution in [0.2, 0.25) is 10.0 Å². The lowest BCUT2D eigenvalue weighted by Gasteiger charge is -2.12. The minimum absolute atomic E-state index is 0.205. The van der Waals surface area contributed by atoms with Gasteiger partial charge in [-0.1, -0.05) is 41.5 Å². The van der Waals surface area contributed by atoms with Gasteiger partial charge in [-0.3, -0.25) is 0 Å². The van der Waals surface area contributed by atoms with Gasteiger partial charge in [0.1, 0.15) is 10.3 Å². The lowest BCUT2D eigenvalue weighted by molar-refractivity contribution is 0.914. The number of anilines is 1. The van der Waals surface area contributed by atoms with Crippen molar-refractivity contribution in [1.29, 1.82) is 0 Å². The van der Waals surface area contributed by atoms with Crippen LogP contribution < -0.4 is 5.73 Å². The van der Waals surface area contributed by atoms with Crippen LogP contribution in [0.15, 0.2) is 30.5 Å². The van der Waals surface area contributed by atoms with Crippen LogP contribution in [0.25, 0.3) is 22.2 Å². The van der Waals surface area contributed by atoms with Crippen LogP contribution in [0, 0.1) is 4.64 Å². The number of aryl methyl sites for hydroxylation is 1. The molecule has 0 spiro atoms. The number of rotatable bonds is 1. The summed E-state index contributed by atoms with van der Waals surface area (Å²) in [4.78, 5) is 8.22.